The Morgan fingerprint density at radius 1 is 0.936 bits per heavy atom. The number of urea groups is 1. The van der Waals surface area contributed by atoms with Crippen molar-refractivity contribution in [1.82, 2.24) is 15.1 Å². The molecule has 1 fully saturated rings. The van der Waals surface area contributed by atoms with Crippen molar-refractivity contribution >= 4 is 38.3 Å². The normalized spacial score (nSPS) is 15.0. The number of carbonyl (C=O) groups excluding carboxylic acids is 1. The quantitative estimate of drug-likeness (QED) is 0.166. The molecule has 3 aromatic carbocycles. The number of hydrogen-bond donors (Lipinski definition) is 3. The van der Waals surface area contributed by atoms with E-state index >= 15 is 0 Å². The SMILES string of the molecule is Cc1ccc(-n2nc(C(C)(C)C)cc2NC(=O)Nc2ccc(C(C3CCNCC3)S(=O)(=O)c3ccc4oc(=O)ccc4c3)cc2)cc1. The molecule has 0 radical (unpaired) electrons. The maximum atomic E-state index is 14.2. The molecule has 2 aromatic heterocycles. The molecule has 0 bridgehead atoms. The number of anilines is 2. The molecule has 1 aliphatic heterocycles. The van der Waals surface area contributed by atoms with Gasteiger partial charge in [-0.25, -0.2) is 22.7 Å². The van der Waals surface area contributed by atoms with E-state index in [0.717, 1.165) is 30.0 Å². The van der Waals surface area contributed by atoms with E-state index < -0.39 is 26.7 Å². The number of aromatic nitrogens is 2. The first-order valence-corrected chi connectivity index (χ1v) is 17.3. The van der Waals surface area contributed by atoms with Gasteiger partial charge in [-0.1, -0.05) is 50.6 Å². The van der Waals surface area contributed by atoms with Crippen LogP contribution >= 0.6 is 0 Å². The second-order valence-corrected chi connectivity index (χ2v) is 15.2. The number of benzene rings is 3. The molecule has 0 saturated carbocycles. The highest BCUT2D eigenvalue weighted by Crippen LogP contribution is 2.40. The fourth-order valence-corrected chi connectivity index (χ4v) is 8.12. The van der Waals surface area contributed by atoms with E-state index in [4.69, 9.17) is 9.52 Å². The standard InChI is InChI=1S/C36H39N5O5S/c1-23-5-12-28(13-6-23)41-32(22-31(40-41)36(2,3)4)39-35(43)38-27-10-7-24(8-11-27)34(25-17-19-37-20-18-25)47(44,45)29-14-15-30-26(21-29)9-16-33(42)46-30/h5-16,21-22,25,34,37H,17-20H2,1-4H3,(H2,38,39,43). The van der Waals surface area contributed by atoms with Gasteiger partial charge < -0.3 is 15.1 Å². The number of sulfone groups is 1. The molecule has 1 unspecified atom stereocenters. The van der Waals surface area contributed by atoms with Crippen molar-refractivity contribution in [3.05, 3.63) is 112 Å². The van der Waals surface area contributed by atoms with Gasteiger partial charge in [0.25, 0.3) is 0 Å². The van der Waals surface area contributed by atoms with Crippen LogP contribution in [0.2, 0.25) is 0 Å². The largest absolute Gasteiger partial charge is 0.423 e. The number of hydrogen-bond acceptors (Lipinski definition) is 7. The number of fused-ring (bicyclic) bond motifs is 1. The predicted octanol–water partition coefficient (Wildman–Crippen LogP) is 6.74. The summed E-state index contributed by atoms with van der Waals surface area (Å²) >= 11 is 0. The highest BCUT2D eigenvalue weighted by atomic mass is 32.2. The van der Waals surface area contributed by atoms with Crippen molar-refractivity contribution in [2.24, 2.45) is 5.92 Å². The summed E-state index contributed by atoms with van der Waals surface area (Å²) in [6, 6.07) is 23.8. The molecule has 5 aromatic rings. The summed E-state index contributed by atoms with van der Waals surface area (Å²) in [7, 11) is -3.83. The van der Waals surface area contributed by atoms with Crippen molar-refractivity contribution < 1.29 is 17.6 Å². The van der Waals surface area contributed by atoms with Gasteiger partial charge in [-0.15, -0.1) is 0 Å². The van der Waals surface area contributed by atoms with E-state index in [1.807, 2.05) is 37.3 Å². The first-order valence-electron chi connectivity index (χ1n) is 15.7. The van der Waals surface area contributed by atoms with E-state index in [0.29, 0.717) is 40.9 Å². The lowest BCUT2D eigenvalue weighted by Crippen LogP contribution is -2.33. The van der Waals surface area contributed by atoms with Crippen LogP contribution in [0.4, 0.5) is 16.3 Å². The Morgan fingerprint density at radius 2 is 1.64 bits per heavy atom. The van der Waals surface area contributed by atoms with Crippen LogP contribution in [0.25, 0.3) is 16.7 Å². The van der Waals surface area contributed by atoms with Gasteiger partial charge in [0.15, 0.2) is 9.84 Å². The number of aryl methyl sites for hydroxylation is 1. The molecular formula is C36H39N5O5S. The lowest BCUT2D eigenvalue weighted by Gasteiger charge is -2.31. The third-order valence-electron chi connectivity index (χ3n) is 8.56. The number of amides is 2. The van der Waals surface area contributed by atoms with Gasteiger partial charge in [0.1, 0.15) is 11.4 Å². The smallest absolute Gasteiger partial charge is 0.336 e. The van der Waals surface area contributed by atoms with Gasteiger partial charge >= 0.3 is 11.7 Å². The molecule has 1 aliphatic rings. The zero-order chi connectivity index (χ0) is 33.3. The van der Waals surface area contributed by atoms with Crippen LogP contribution in [-0.4, -0.2) is 37.3 Å². The Kier molecular flexibility index (Phi) is 8.78. The first kappa shape index (κ1) is 32.2. The van der Waals surface area contributed by atoms with Crippen molar-refractivity contribution in [1.29, 1.82) is 0 Å². The summed E-state index contributed by atoms with van der Waals surface area (Å²) in [4.78, 5) is 25.0. The van der Waals surface area contributed by atoms with Crippen LogP contribution in [0, 0.1) is 12.8 Å². The molecule has 244 valence electrons. The van der Waals surface area contributed by atoms with E-state index in [1.54, 1.807) is 41.1 Å². The molecule has 6 rings (SSSR count). The minimum atomic E-state index is -3.83. The predicted molar refractivity (Wildman–Crippen MR) is 184 cm³/mol. The summed E-state index contributed by atoms with van der Waals surface area (Å²) in [6.45, 7) is 9.68. The van der Waals surface area contributed by atoms with Crippen LogP contribution in [0.3, 0.4) is 0 Å². The molecule has 3 N–H and O–H groups in total. The average molecular weight is 654 g/mol. The van der Waals surface area contributed by atoms with Gasteiger partial charge in [-0.3, -0.25) is 5.32 Å². The minimum absolute atomic E-state index is 0.105. The van der Waals surface area contributed by atoms with Crippen molar-refractivity contribution in [2.75, 3.05) is 23.7 Å². The molecule has 0 spiro atoms. The molecule has 1 saturated heterocycles. The third kappa shape index (κ3) is 7.01. The number of piperidine rings is 1. The Bertz CT molecular complexity index is 2070. The molecule has 1 atom stereocenters. The van der Waals surface area contributed by atoms with Gasteiger partial charge in [0.05, 0.1) is 21.5 Å². The highest BCUT2D eigenvalue weighted by Gasteiger charge is 2.37. The minimum Gasteiger partial charge on any atom is -0.423 e. The summed E-state index contributed by atoms with van der Waals surface area (Å²) in [6.07, 6.45) is 1.42. The number of rotatable bonds is 7. The maximum Gasteiger partial charge on any atom is 0.336 e. The number of carbonyl (C=O) groups is 1. The van der Waals surface area contributed by atoms with Gasteiger partial charge in [0, 0.05) is 28.6 Å². The average Bonchev–Trinajstić information content (AvgIpc) is 3.47. The Balaban J connectivity index is 1.25. The van der Waals surface area contributed by atoms with Crippen LogP contribution in [0.1, 0.15) is 55.7 Å². The summed E-state index contributed by atoms with van der Waals surface area (Å²) < 4.78 is 35.4. The zero-order valence-electron chi connectivity index (χ0n) is 26.9. The Morgan fingerprint density at radius 3 is 2.32 bits per heavy atom. The molecule has 3 heterocycles. The van der Waals surface area contributed by atoms with E-state index in [-0.39, 0.29) is 16.2 Å². The van der Waals surface area contributed by atoms with Crippen LogP contribution in [-0.2, 0) is 15.3 Å². The topological polar surface area (TPSA) is 135 Å². The number of nitrogens with one attached hydrogen (secondary N) is 3. The molecule has 2 amide bonds. The van der Waals surface area contributed by atoms with Crippen LogP contribution in [0.5, 0.6) is 0 Å². The fourth-order valence-electron chi connectivity index (χ4n) is 5.98. The first-order chi connectivity index (χ1) is 22.4. The van der Waals surface area contributed by atoms with Crippen LogP contribution < -0.4 is 21.6 Å². The summed E-state index contributed by atoms with van der Waals surface area (Å²) in [5, 5.41) is 13.7. The molecular weight excluding hydrogens is 614 g/mol. The third-order valence-corrected chi connectivity index (χ3v) is 10.8. The maximum absolute atomic E-state index is 14.2. The monoisotopic (exact) mass is 653 g/mol. The lowest BCUT2D eigenvalue weighted by molar-refractivity contribution is 0.262. The molecule has 0 aliphatic carbocycles. The van der Waals surface area contributed by atoms with Crippen molar-refractivity contribution in [3.63, 3.8) is 0 Å². The fraction of sp³-hybridized carbons (Fsp3) is 0.306. The molecule has 47 heavy (non-hydrogen) atoms. The Labute approximate surface area is 274 Å². The molecule has 10 nitrogen and oxygen atoms in total. The highest BCUT2D eigenvalue weighted by molar-refractivity contribution is 7.91. The van der Waals surface area contributed by atoms with Gasteiger partial charge in [0.2, 0.25) is 0 Å². The number of nitrogens with zero attached hydrogens (tertiary/aromatic N) is 2. The molecule has 11 heteroatoms. The second-order valence-electron chi connectivity index (χ2n) is 13.1. The van der Waals surface area contributed by atoms with Crippen molar-refractivity contribution in [3.8, 4) is 5.69 Å². The van der Waals surface area contributed by atoms with E-state index in [9.17, 15) is 18.0 Å². The summed E-state index contributed by atoms with van der Waals surface area (Å²) in [5.41, 5.74) is 3.56. The Hall–Kier alpha value is -4.74. The van der Waals surface area contributed by atoms with E-state index in [1.165, 1.54) is 18.2 Å². The van der Waals surface area contributed by atoms with Gasteiger partial charge in [-0.2, -0.15) is 5.10 Å². The summed E-state index contributed by atoms with van der Waals surface area (Å²) in [5.74, 6) is 0.423. The van der Waals surface area contributed by atoms with E-state index in [2.05, 4.69) is 36.7 Å². The van der Waals surface area contributed by atoms with Gasteiger partial charge in [-0.05, 0) is 92.9 Å². The van der Waals surface area contributed by atoms with Crippen LogP contribution in [0.15, 0.2) is 99.0 Å². The lowest BCUT2D eigenvalue weighted by atomic mass is 9.90. The zero-order valence-corrected chi connectivity index (χ0v) is 27.7. The second kappa shape index (κ2) is 12.8. The van der Waals surface area contributed by atoms with Crippen molar-refractivity contribution in [2.45, 2.75) is 56.1 Å².